The van der Waals surface area contributed by atoms with Gasteiger partial charge in [0.15, 0.2) is 0 Å². The number of carbonyl (C=O) groups excluding carboxylic acids is 2. The number of hydrogen-bond donors (Lipinski definition) is 3. The van der Waals surface area contributed by atoms with Crippen LogP contribution in [0.15, 0.2) is 24.3 Å². The second kappa shape index (κ2) is 6.36. The van der Waals surface area contributed by atoms with Crippen molar-refractivity contribution in [3.63, 3.8) is 0 Å². The maximum atomic E-state index is 11.8. The Kier molecular flexibility index (Phi) is 4.54. The smallest absolute Gasteiger partial charge is 0.308 e. The van der Waals surface area contributed by atoms with Crippen LogP contribution in [-0.4, -0.2) is 47.7 Å². The monoisotopic (exact) mass is 292 g/mol. The third kappa shape index (κ3) is 3.38. The SMILES string of the molecule is O=C(NCCO)c1ccc(N2CC(C(=O)O)CC2=O)cc1. The summed E-state index contributed by atoms with van der Waals surface area (Å²) in [7, 11) is 0. The third-order valence-electron chi connectivity index (χ3n) is 3.31. The first kappa shape index (κ1) is 15.0. The van der Waals surface area contributed by atoms with Gasteiger partial charge in [0.2, 0.25) is 5.91 Å². The van der Waals surface area contributed by atoms with E-state index in [9.17, 15) is 14.4 Å². The molecule has 1 aliphatic heterocycles. The number of aliphatic carboxylic acids is 1. The highest BCUT2D eigenvalue weighted by atomic mass is 16.4. The van der Waals surface area contributed by atoms with Gasteiger partial charge in [0.25, 0.3) is 5.91 Å². The van der Waals surface area contributed by atoms with E-state index in [1.54, 1.807) is 24.3 Å². The Balaban J connectivity index is 2.07. The molecule has 1 saturated heterocycles. The predicted octanol–water partition coefficient (Wildman–Crippen LogP) is -0.154. The van der Waals surface area contributed by atoms with Crippen LogP contribution >= 0.6 is 0 Å². The van der Waals surface area contributed by atoms with Crippen LogP contribution in [-0.2, 0) is 9.59 Å². The second-order valence-corrected chi connectivity index (χ2v) is 4.77. The van der Waals surface area contributed by atoms with Gasteiger partial charge in [-0.15, -0.1) is 0 Å². The number of rotatable bonds is 5. The predicted molar refractivity (Wildman–Crippen MR) is 74.0 cm³/mol. The molecule has 2 amide bonds. The number of nitrogens with zero attached hydrogens (tertiary/aromatic N) is 1. The Labute approximate surface area is 121 Å². The van der Waals surface area contributed by atoms with Gasteiger partial charge in [-0.25, -0.2) is 0 Å². The zero-order chi connectivity index (χ0) is 15.4. The van der Waals surface area contributed by atoms with Crippen LogP contribution in [0.3, 0.4) is 0 Å². The average molecular weight is 292 g/mol. The van der Waals surface area contributed by atoms with Crippen molar-refractivity contribution in [2.75, 3.05) is 24.6 Å². The number of hydrogen-bond acceptors (Lipinski definition) is 4. The Hall–Kier alpha value is -2.41. The second-order valence-electron chi connectivity index (χ2n) is 4.77. The molecule has 112 valence electrons. The van der Waals surface area contributed by atoms with Crippen LogP contribution in [0, 0.1) is 5.92 Å². The molecule has 7 nitrogen and oxygen atoms in total. The molecule has 0 aliphatic carbocycles. The number of carboxylic acids is 1. The van der Waals surface area contributed by atoms with Crippen molar-refractivity contribution >= 4 is 23.5 Å². The molecule has 0 saturated carbocycles. The number of carboxylic acid groups (broad SMARTS) is 1. The maximum absolute atomic E-state index is 11.8. The number of benzene rings is 1. The van der Waals surface area contributed by atoms with E-state index >= 15 is 0 Å². The zero-order valence-corrected chi connectivity index (χ0v) is 11.3. The normalized spacial score (nSPS) is 17.9. The first-order chi connectivity index (χ1) is 10.0. The van der Waals surface area contributed by atoms with E-state index in [0.717, 1.165) is 0 Å². The summed E-state index contributed by atoms with van der Waals surface area (Å²) in [4.78, 5) is 35.8. The maximum Gasteiger partial charge on any atom is 0.308 e. The molecule has 1 fully saturated rings. The van der Waals surface area contributed by atoms with E-state index in [-0.39, 0.29) is 37.9 Å². The topological polar surface area (TPSA) is 107 Å². The molecule has 3 N–H and O–H groups in total. The summed E-state index contributed by atoms with van der Waals surface area (Å²) in [6.45, 7) is 0.179. The van der Waals surface area contributed by atoms with E-state index in [1.165, 1.54) is 4.90 Å². The molecule has 0 bridgehead atoms. The summed E-state index contributed by atoms with van der Waals surface area (Å²) in [5.41, 5.74) is 0.982. The summed E-state index contributed by atoms with van der Waals surface area (Å²) in [5.74, 6) is -2.22. The lowest BCUT2D eigenvalue weighted by Gasteiger charge is -2.16. The van der Waals surface area contributed by atoms with Crippen molar-refractivity contribution in [3.8, 4) is 0 Å². The van der Waals surface area contributed by atoms with Crippen molar-refractivity contribution in [1.82, 2.24) is 5.32 Å². The molecule has 0 radical (unpaired) electrons. The number of amides is 2. The molecule has 1 unspecified atom stereocenters. The summed E-state index contributed by atoms with van der Waals surface area (Å²) in [6.07, 6.45) is -0.00588. The molecule has 0 spiro atoms. The quantitative estimate of drug-likeness (QED) is 0.699. The number of anilines is 1. The molecule has 0 aromatic heterocycles. The summed E-state index contributed by atoms with van der Waals surface area (Å²) in [5, 5.41) is 20.1. The fourth-order valence-corrected chi connectivity index (χ4v) is 2.19. The molecular weight excluding hydrogens is 276 g/mol. The Morgan fingerprint density at radius 2 is 1.95 bits per heavy atom. The van der Waals surface area contributed by atoms with Crippen LogP contribution in [0.2, 0.25) is 0 Å². The van der Waals surface area contributed by atoms with E-state index in [0.29, 0.717) is 11.3 Å². The Bertz CT molecular complexity index is 555. The number of nitrogens with one attached hydrogen (secondary N) is 1. The summed E-state index contributed by atoms with van der Waals surface area (Å²) >= 11 is 0. The van der Waals surface area contributed by atoms with Gasteiger partial charge >= 0.3 is 5.97 Å². The lowest BCUT2D eigenvalue weighted by Crippen LogP contribution is -2.27. The number of aliphatic hydroxyl groups excluding tert-OH is 1. The van der Waals surface area contributed by atoms with Crippen LogP contribution in [0.5, 0.6) is 0 Å². The van der Waals surface area contributed by atoms with Crippen molar-refractivity contribution in [1.29, 1.82) is 0 Å². The molecule has 1 aliphatic rings. The van der Waals surface area contributed by atoms with E-state index < -0.39 is 11.9 Å². The van der Waals surface area contributed by atoms with Crippen LogP contribution in [0.1, 0.15) is 16.8 Å². The van der Waals surface area contributed by atoms with Gasteiger partial charge in [0, 0.05) is 30.8 Å². The molecule has 7 heteroatoms. The highest BCUT2D eigenvalue weighted by Gasteiger charge is 2.34. The largest absolute Gasteiger partial charge is 0.481 e. The number of aliphatic hydroxyl groups is 1. The van der Waals surface area contributed by atoms with Gasteiger partial charge in [-0.2, -0.15) is 0 Å². The summed E-state index contributed by atoms with van der Waals surface area (Å²) < 4.78 is 0. The van der Waals surface area contributed by atoms with Crippen molar-refractivity contribution in [2.45, 2.75) is 6.42 Å². The first-order valence-corrected chi connectivity index (χ1v) is 6.55. The molecule has 21 heavy (non-hydrogen) atoms. The lowest BCUT2D eigenvalue weighted by molar-refractivity contribution is -0.141. The van der Waals surface area contributed by atoms with Crippen molar-refractivity contribution in [2.24, 2.45) is 5.92 Å². The lowest BCUT2D eigenvalue weighted by atomic mass is 10.1. The molecule has 1 aromatic rings. The van der Waals surface area contributed by atoms with Crippen LogP contribution < -0.4 is 10.2 Å². The van der Waals surface area contributed by atoms with Crippen LogP contribution in [0.25, 0.3) is 0 Å². The molecular formula is C14H16N2O5. The average Bonchev–Trinajstić information content (AvgIpc) is 2.87. The highest BCUT2D eigenvalue weighted by Crippen LogP contribution is 2.25. The molecule has 1 aromatic carbocycles. The molecule has 1 heterocycles. The fraction of sp³-hybridized carbons (Fsp3) is 0.357. The minimum Gasteiger partial charge on any atom is -0.481 e. The molecule has 2 rings (SSSR count). The minimum absolute atomic E-state index is 0.00588. The van der Waals surface area contributed by atoms with Gasteiger partial charge < -0.3 is 20.4 Å². The van der Waals surface area contributed by atoms with E-state index in [4.69, 9.17) is 10.2 Å². The zero-order valence-electron chi connectivity index (χ0n) is 11.3. The van der Waals surface area contributed by atoms with Gasteiger partial charge in [0.05, 0.1) is 12.5 Å². The van der Waals surface area contributed by atoms with Gasteiger partial charge in [0.1, 0.15) is 0 Å². The Morgan fingerprint density at radius 3 is 2.48 bits per heavy atom. The van der Waals surface area contributed by atoms with Gasteiger partial charge in [-0.1, -0.05) is 0 Å². The van der Waals surface area contributed by atoms with Gasteiger partial charge in [-0.05, 0) is 24.3 Å². The fourth-order valence-electron chi connectivity index (χ4n) is 2.19. The Morgan fingerprint density at radius 1 is 1.29 bits per heavy atom. The minimum atomic E-state index is -0.981. The summed E-state index contributed by atoms with van der Waals surface area (Å²) in [6, 6.07) is 6.33. The van der Waals surface area contributed by atoms with Gasteiger partial charge in [-0.3, -0.25) is 14.4 Å². The molecule has 1 atom stereocenters. The third-order valence-corrected chi connectivity index (χ3v) is 3.31. The van der Waals surface area contributed by atoms with E-state index in [1.807, 2.05) is 0 Å². The van der Waals surface area contributed by atoms with Crippen molar-refractivity contribution < 1.29 is 24.6 Å². The highest BCUT2D eigenvalue weighted by molar-refractivity contribution is 6.00. The first-order valence-electron chi connectivity index (χ1n) is 6.55. The van der Waals surface area contributed by atoms with Crippen molar-refractivity contribution in [3.05, 3.63) is 29.8 Å². The standard InChI is InChI=1S/C14H16N2O5/c17-6-5-15-13(19)9-1-3-11(4-2-9)16-8-10(14(20)21)7-12(16)18/h1-4,10,17H,5-8H2,(H,15,19)(H,20,21). The van der Waals surface area contributed by atoms with Crippen LogP contribution in [0.4, 0.5) is 5.69 Å². The van der Waals surface area contributed by atoms with E-state index in [2.05, 4.69) is 5.32 Å². The number of carbonyl (C=O) groups is 3.